The van der Waals surface area contributed by atoms with Crippen LogP contribution in [0.5, 0.6) is 0 Å². The number of nitrogens with zero attached hydrogens (tertiary/aromatic N) is 1. The van der Waals surface area contributed by atoms with Crippen molar-refractivity contribution in [3.63, 3.8) is 0 Å². The van der Waals surface area contributed by atoms with Crippen molar-refractivity contribution in [3.8, 4) is 0 Å². The lowest BCUT2D eigenvalue weighted by Gasteiger charge is -2.15. The highest BCUT2D eigenvalue weighted by atomic mass is 32.2. The molecule has 0 spiro atoms. The monoisotopic (exact) mass is 251 g/mol. The predicted octanol–water partition coefficient (Wildman–Crippen LogP) is 2.52. The van der Waals surface area contributed by atoms with Crippen LogP contribution in [0.4, 0.5) is 4.79 Å². The summed E-state index contributed by atoms with van der Waals surface area (Å²) in [7, 11) is 1.70. The number of thioether (sulfide) groups is 1. The highest BCUT2D eigenvalue weighted by molar-refractivity contribution is 8.13. The summed E-state index contributed by atoms with van der Waals surface area (Å²) < 4.78 is 0. The molecule has 17 heavy (non-hydrogen) atoms. The Morgan fingerprint density at radius 1 is 1.41 bits per heavy atom. The number of rotatable bonds is 3. The lowest BCUT2D eigenvalue weighted by atomic mass is 10.2. The number of amides is 2. The fourth-order valence-corrected chi connectivity index (χ4v) is 1.76. The van der Waals surface area contributed by atoms with Gasteiger partial charge in [0, 0.05) is 19.3 Å². The molecule has 2 amide bonds. The molecule has 0 bridgehead atoms. The topological polar surface area (TPSA) is 56.2 Å². The molecular weight excluding hydrogens is 234 g/mol. The third-order valence-electron chi connectivity index (χ3n) is 2.27. The maximum absolute atomic E-state index is 11.5. The molecule has 0 atom stereocenters. The summed E-state index contributed by atoms with van der Waals surface area (Å²) in [6.07, 6.45) is 0. The van der Waals surface area contributed by atoms with E-state index in [0.717, 1.165) is 5.56 Å². The van der Waals surface area contributed by atoms with E-state index in [4.69, 9.17) is 5.41 Å². The Kier molecular flexibility index (Phi) is 5.56. The molecule has 0 heterocycles. The van der Waals surface area contributed by atoms with E-state index >= 15 is 0 Å². The Balaban J connectivity index is 2.33. The number of hydrogen-bond donors (Lipinski definition) is 2. The van der Waals surface area contributed by atoms with Crippen LogP contribution in [0.3, 0.4) is 0 Å². The van der Waals surface area contributed by atoms with E-state index in [2.05, 4.69) is 5.32 Å². The van der Waals surface area contributed by atoms with Gasteiger partial charge in [-0.05, 0) is 12.5 Å². The van der Waals surface area contributed by atoms with Gasteiger partial charge in [-0.15, -0.1) is 0 Å². The van der Waals surface area contributed by atoms with Crippen LogP contribution in [-0.2, 0) is 5.75 Å². The molecule has 0 saturated carbocycles. The van der Waals surface area contributed by atoms with Gasteiger partial charge in [-0.1, -0.05) is 42.1 Å². The van der Waals surface area contributed by atoms with Crippen molar-refractivity contribution in [3.05, 3.63) is 35.9 Å². The summed E-state index contributed by atoms with van der Waals surface area (Å²) in [5.74, 6) is 0.690. The zero-order valence-electron chi connectivity index (χ0n) is 10.1. The molecule has 1 aromatic carbocycles. The summed E-state index contributed by atoms with van der Waals surface area (Å²) in [6, 6.07) is 9.64. The summed E-state index contributed by atoms with van der Waals surface area (Å²) in [5, 5.41) is 10.4. The average Bonchev–Trinajstić information content (AvgIpc) is 2.36. The van der Waals surface area contributed by atoms with Crippen LogP contribution in [0.25, 0.3) is 0 Å². The molecule has 0 aromatic heterocycles. The van der Waals surface area contributed by atoms with Crippen LogP contribution in [0.15, 0.2) is 30.3 Å². The molecule has 0 aliphatic carbocycles. The fraction of sp³-hybridized carbons (Fsp3) is 0.333. The zero-order valence-corrected chi connectivity index (χ0v) is 10.9. The van der Waals surface area contributed by atoms with E-state index < -0.39 is 0 Å². The molecule has 4 nitrogen and oxygen atoms in total. The Labute approximate surface area is 106 Å². The van der Waals surface area contributed by atoms with Gasteiger partial charge in [0.1, 0.15) is 0 Å². The molecule has 2 N–H and O–H groups in total. The largest absolute Gasteiger partial charge is 0.328 e. The van der Waals surface area contributed by atoms with Crippen molar-refractivity contribution in [1.82, 2.24) is 10.2 Å². The maximum Gasteiger partial charge on any atom is 0.323 e. The van der Waals surface area contributed by atoms with Gasteiger partial charge in [0.15, 0.2) is 5.17 Å². The molecule has 1 rings (SSSR count). The first-order valence-corrected chi connectivity index (χ1v) is 6.39. The van der Waals surface area contributed by atoms with Crippen molar-refractivity contribution in [2.45, 2.75) is 12.7 Å². The number of hydrogen-bond acceptors (Lipinski definition) is 3. The number of carbonyl (C=O) groups excluding carboxylic acids is 1. The molecular formula is C12H17N3OS. The second-order valence-corrected chi connectivity index (χ2v) is 4.53. The van der Waals surface area contributed by atoms with E-state index in [-0.39, 0.29) is 11.2 Å². The van der Waals surface area contributed by atoms with Crippen LogP contribution >= 0.6 is 11.8 Å². The first-order valence-electron chi connectivity index (χ1n) is 5.41. The summed E-state index contributed by atoms with van der Waals surface area (Å²) in [5.41, 5.74) is 1.14. The van der Waals surface area contributed by atoms with Gasteiger partial charge in [0.05, 0.1) is 0 Å². The van der Waals surface area contributed by atoms with Gasteiger partial charge >= 0.3 is 6.03 Å². The van der Waals surface area contributed by atoms with Gasteiger partial charge < -0.3 is 4.90 Å². The molecule has 0 saturated heterocycles. The summed E-state index contributed by atoms with van der Waals surface area (Å²) in [6.45, 7) is 2.52. The second-order valence-electron chi connectivity index (χ2n) is 3.55. The van der Waals surface area contributed by atoms with Crippen LogP contribution in [-0.4, -0.2) is 29.7 Å². The van der Waals surface area contributed by atoms with Crippen molar-refractivity contribution < 1.29 is 4.79 Å². The van der Waals surface area contributed by atoms with Gasteiger partial charge in [-0.3, -0.25) is 10.7 Å². The van der Waals surface area contributed by atoms with Crippen molar-refractivity contribution >= 4 is 23.0 Å². The average molecular weight is 251 g/mol. The van der Waals surface area contributed by atoms with E-state index in [1.807, 2.05) is 37.3 Å². The fourth-order valence-electron chi connectivity index (χ4n) is 1.10. The predicted molar refractivity (Wildman–Crippen MR) is 72.3 cm³/mol. The molecule has 0 radical (unpaired) electrons. The number of benzene rings is 1. The molecule has 0 aliphatic rings. The quantitative estimate of drug-likeness (QED) is 0.640. The van der Waals surface area contributed by atoms with Gasteiger partial charge in [0.25, 0.3) is 0 Å². The minimum atomic E-state index is -0.238. The van der Waals surface area contributed by atoms with E-state index in [1.54, 1.807) is 7.05 Å². The molecule has 0 fully saturated rings. The molecule has 5 heteroatoms. The highest BCUT2D eigenvalue weighted by Gasteiger charge is 2.08. The first-order chi connectivity index (χ1) is 8.13. The van der Waals surface area contributed by atoms with Crippen molar-refractivity contribution in [2.24, 2.45) is 0 Å². The van der Waals surface area contributed by atoms with Gasteiger partial charge in [-0.2, -0.15) is 0 Å². The Bertz CT molecular complexity index is 381. The lowest BCUT2D eigenvalue weighted by molar-refractivity contribution is 0.216. The second kappa shape index (κ2) is 6.96. The number of amidine groups is 1. The van der Waals surface area contributed by atoms with E-state index in [1.165, 1.54) is 16.7 Å². The Hall–Kier alpha value is -1.49. The minimum Gasteiger partial charge on any atom is -0.328 e. The number of urea groups is 1. The Morgan fingerprint density at radius 3 is 2.65 bits per heavy atom. The van der Waals surface area contributed by atoms with Crippen LogP contribution in [0.2, 0.25) is 0 Å². The minimum absolute atomic E-state index is 0.180. The number of nitrogens with one attached hydrogen (secondary N) is 2. The molecule has 0 aliphatic heterocycles. The summed E-state index contributed by atoms with van der Waals surface area (Å²) >= 11 is 1.31. The standard InChI is InChI=1S/C12H17N3OS/c1-3-15(2)12(16)14-11(13)17-9-10-7-5-4-6-8-10/h4-8H,3,9H2,1-2H3,(H2,13,14,16). The highest BCUT2D eigenvalue weighted by Crippen LogP contribution is 2.11. The third-order valence-corrected chi connectivity index (χ3v) is 3.14. The van der Waals surface area contributed by atoms with Crippen LogP contribution in [0.1, 0.15) is 12.5 Å². The zero-order chi connectivity index (χ0) is 12.7. The normalized spacial score (nSPS) is 9.76. The lowest BCUT2D eigenvalue weighted by Crippen LogP contribution is -2.39. The molecule has 0 unspecified atom stereocenters. The maximum atomic E-state index is 11.5. The van der Waals surface area contributed by atoms with E-state index in [9.17, 15) is 4.79 Å². The molecule has 92 valence electrons. The van der Waals surface area contributed by atoms with Crippen molar-refractivity contribution in [1.29, 1.82) is 5.41 Å². The van der Waals surface area contributed by atoms with Crippen LogP contribution in [0, 0.1) is 5.41 Å². The smallest absolute Gasteiger partial charge is 0.323 e. The summed E-state index contributed by atoms with van der Waals surface area (Å²) in [4.78, 5) is 13.0. The SMILES string of the molecule is CCN(C)C(=O)NC(=N)SCc1ccccc1. The van der Waals surface area contributed by atoms with Crippen molar-refractivity contribution in [2.75, 3.05) is 13.6 Å². The van der Waals surface area contributed by atoms with E-state index in [0.29, 0.717) is 12.3 Å². The van der Waals surface area contributed by atoms with Crippen LogP contribution < -0.4 is 5.32 Å². The van der Waals surface area contributed by atoms with Gasteiger partial charge in [0.2, 0.25) is 0 Å². The van der Waals surface area contributed by atoms with Gasteiger partial charge in [-0.25, -0.2) is 4.79 Å². The number of carbonyl (C=O) groups is 1. The third kappa shape index (κ3) is 4.91. The first kappa shape index (κ1) is 13.6. The molecule has 1 aromatic rings. The Morgan fingerprint density at radius 2 is 2.06 bits per heavy atom.